The first-order chi connectivity index (χ1) is 8.56. The molecule has 0 bridgehead atoms. The highest BCUT2D eigenvalue weighted by molar-refractivity contribution is 7.14. The summed E-state index contributed by atoms with van der Waals surface area (Å²) in [5, 5.41) is 5.18. The number of benzene rings is 1. The van der Waals surface area contributed by atoms with Crippen LogP contribution in [0.15, 0.2) is 29.6 Å². The number of amides is 1. The molecular weight excluding hydrogens is 251 g/mol. The van der Waals surface area contributed by atoms with Gasteiger partial charge in [0, 0.05) is 10.9 Å². The van der Waals surface area contributed by atoms with E-state index in [1.54, 1.807) is 0 Å². The molecule has 5 heteroatoms. The highest BCUT2D eigenvalue weighted by Gasteiger charge is 2.10. The molecule has 1 aromatic carbocycles. The van der Waals surface area contributed by atoms with Gasteiger partial charge in [-0.25, -0.2) is 9.37 Å². The molecule has 0 aliphatic carbocycles. The highest BCUT2D eigenvalue weighted by Crippen LogP contribution is 2.21. The number of halogens is 1. The number of nitrogens with one attached hydrogen (secondary N) is 1. The maximum absolute atomic E-state index is 12.7. The van der Waals surface area contributed by atoms with E-state index in [2.05, 4.69) is 10.3 Å². The highest BCUT2D eigenvalue weighted by atomic mass is 32.1. The van der Waals surface area contributed by atoms with Crippen LogP contribution in [0, 0.1) is 5.82 Å². The zero-order valence-electron chi connectivity index (χ0n) is 10.1. The normalized spacial score (nSPS) is 10.7. The van der Waals surface area contributed by atoms with Gasteiger partial charge in [0.2, 0.25) is 0 Å². The lowest BCUT2D eigenvalue weighted by Gasteiger charge is -2.01. The van der Waals surface area contributed by atoms with E-state index in [-0.39, 0.29) is 11.7 Å². The van der Waals surface area contributed by atoms with Gasteiger partial charge in [0.25, 0.3) is 5.91 Å². The van der Waals surface area contributed by atoms with Gasteiger partial charge in [0.1, 0.15) is 5.82 Å². The topological polar surface area (TPSA) is 42.0 Å². The molecule has 0 atom stereocenters. The summed E-state index contributed by atoms with van der Waals surface area (Å²) < 4.78 is 12.7. The predicted molar refractivity (Wildman–Crippen MR) is 70.6 cm³/mol. The lowest BCUT2D eigenvalue weighted by Crippen LogP contribution is -2.11. The van der Waals surface area contributed by atoms with E-state index in [9.17, 15) is 9.18 Å². The molecule has 0 saturated heterocycles. The van der Waals surface area contributed by atoms with Gasteiger partial charge in [-0.05, 0) is 30.2 Å². The van der Waals surface area contributed by atoms with E-state index < -0.39 is 0 Å². The van der Waals surface area contributed by atoms with Gasteiger partial charge in [0.15, 0.2) is 5.13 Å². The summed E-state index contributed by atoms with van der Waals surface area (Å²) in [4.78, 5) is 16.1. The van der Waals surface area contributed by atoms with Crippen molar-refractivity contribution in [3.8, 4) is 0 Å². The summed E-state index contributed by atoms with van der Waals surface area (Å²) in [7, 11) is 0. The Morgan fingerprint density at radius 2 is 2.00 bits per heavy atom. The van der Waals surface area contributed by atoms with Crippen molar-refractivity contribution >= 4 is 22.4 Å². The van der Waals surface area contributed by atoms with E-state index >= 15 is 0 Å². The van der Waals surface area contributed by atoms with Crippen molar-refractivity contribution in [2.45, 2.75) is 19.8 Å². The second-order valence-corrected chi connectivity index (χ2v) is 5.05. The van der Waals surface area contributed by atoms with Gasteiger partial charge in [-0.3, -0.25) is 10.1 Å². The van der Waals surface area contributed by atoms with Crippen molar-refractivity contribution in [1.29, 1.82) is 0 Å². The number of aromatic nitrogens is 1. The molecule has 0 fully saturated rings. The van der Waals surface area contributed by atoms with Crippen molar-refractivity contribution in [3.05, 3.63) is 46.7 Å². The standard InChI is InChI=1S/C13H13FN2OS/c1-8(2)11-7-18-13(15-11)16-12(17)9-3-5-10(14)6-4-9/h3-8H,1-2H3,(H,15,16,17). The Bertz CT molecular complexity index is 548. The van der Waals surface area contributed by atoms with E-state index in [1.165, 1.54) is 35.6 Å². The second-order valence-electron chi connectivity index (χ2n) is 4.19. The summed E-state index contributed by atoms with van der Waals surface area (Å²) in [6.45, 7) is 4.08. The van der Waals surface area contributed by atoms with E-state index in [0.717, 1.165) is 5.69 Å². The number of carbonyl (C=O) groups is 1. The van der Waals surface area contributed by atoms with Crippen LogP contribution in [0.3, 0.4) is 0 Å². The molecule has 2 aromatic rings. The number of rotatable bonds is 3. The minimum atomic E-state index is -0.358. The Balaban J connectivity index is 2.08. The lowest BCUT2D eigenvalue weighted by molar-refractivity contribution is 0.102. The van der Waals surface area contributed by atoms with Gasteiger partial charge >= 0.3 is 0 Å². The summed E-state index contributed by atoms with van der Waals surface area (Å²) in [5.41, 5.74) is 1.37. The quantitative estimate of drug-likeness (QED) is 0.919. The first kappa shape index (κ1) is 12.7. The number of thiazole rings is 1. The van der Waals surface area contributed by atoms with Crippen LogP contribution in [0.1, 0.15) is 35.8 Å². The van der Waals surface area contributed by atoms with Gasteiger partial charge in [0.05, 0.1) is 5.69 Å². The fourth-order valence-corrected chi connectivity index (χ4v) is 2.25. The average molecular weight is 264 g/mol. The first-order valence-electron chi connectivity index (χ1n) is 5.58. The third-order valence-corrected chi connectivity index (χ3v) is 3.22. The third kappa shape index (κ3) is 2.92. The Morgan fingerprint density at radius 3 is 2.56 bits per heavy atom. The zero-order valence-corrected chi connectivity index (χ0v) is 10.9. The van der Waals surface area contributed by atoms with Crippen molar-refractivity contribution in [3.63, 3.8) is 0 Å². The molecule has 0 aliphatic rings. The molecule has 0 saturated carbocycles. The smallest absolute Gasteiger partial charge is 0.257 e. The number of hydrogen-bond acceptors (Lipinski definition) is 3. The number of carbonyl (C=O) groups excluding carboxylic acids is 1. The molecule has 1 amide bonds. The minimum Gasteiger partial charge on any atom is -0.298 e. The van der Waals surface area contributed by atoms with E-state index in [4.69, 9.17) is 0 Å². The van der Waals surface area contributed by atoms with Crippen LogP contribution in [-0.4, -0.2) is 10.9 Å². The van der Waals surface area contributed by atoms with Crippen LogP contribution >= 0.6 is 11.3 Å². The molecule has 3 nitrogen and oxygen atoms in total. The summed E-state index contributed by atoms with van der Waals surface area (Å²) in [6.07, 6.45) is 0. The maximum Gasteiger partial charge on any atom is 0.257 e. The Kier molecular flexibility index (Phi) is 3.72. The molecular formula is C13H13FN2OS. The number of anilines is 1. The van der Waals surface area contributed by atoms with Crippen LogP contribution in [0.4, 0.5) is 9.52 Å². The van der Waals surface area contributed by atoms with E-state index in [1.807, 2.05) is 19.2 Å². The number of nitrogens with zero attached hydrogens (tertiary/aromatic N) is 1. The maximum atomic E-state index is 12.7. The summed E-state index contributed by atoms with van der Waals surface area (Å²) in [6, 6.07) is 5.41. The fraction of sp³-hybridized carbons (Fsp3) is 0.231. The molecule has 2 rings (SSSR count). The van der Waals surface area contributed by atoms with Crippen LogP contribution in [0.2, 0.25) is 0 Å². The monoisotopic (exact) mass is 264 g/mol. The third-order valence-electron chi connectivity index (χ3n) is 2.44. The molecule has 1 N–H and O–H groups in total. The van der Waals surface area contributed by atoms with Crippen molar-refractivity contribution in [1.82, 2.24) is 4.98 Å². The van der Waals surface area contributed by atoms with Crippen LogP contribution < -0.4 is 5.32 Å². The van der Waals surface area contributed by atoms with Crippen LogP contribution in [-0.2, 0) is 0 Å². The van der Waals surface area contributed by atoms with Crippen molar-refractivity contribution in [2.75, 3.05) is 5.32 Å². The molecule has 1 heterocycles. The molecule has 0 aliphatic heterocycles. The van der Waals surface area contributed by atoms with Crippen molar-refractivity contribution < 1.29 is 9.18 Å². The van der Waals surface area contributed by atoms with Gasteiger partial charge in [-0.1, -0.05) is 13.8 Å². The van der Waals surface area contributed by atoms with E-state index in [0.29, 0.717) is 16.6 Å². The molecule has 0 radical (unpaired) electrons. The van der Waals surface area contributed by atoms with Crippen molar-refractivity contribution in [2.24, 2.45) is 0 Å². The molecule has 0 spiro atoms. The van der Waals surface area contributed by atoms with Gasteiger partial charge < -0.3 is 0 Å². The summed E-state index contributed by atoms with van der Waals surface area (Å²) in [5.74, 6) is -0.305. The van der Waals surface area contributed by atoms with Crippen LogP contribution in [0.25, 0.3) is 0 Å². The Morgan fingerprint density at radius 1 is 1.33 bits per heavy atom. The lowest BCUT2D eigenvalue weighted by atomic mass is 10.2. The zero-order chi connectivity index (χ0) is 13.1. The second kappa shape index (κ2) is 5.27. The summed E-state index contributed by atoms with van der Waals surface area (Å²) >= 11 is 1.39. The SMILES string of the molecule is CC(C)c1csc(NC(=O)c2ccc(F)cc2)n1. The molecule has 94 valence electrons. The minimum absolute atomic E-state index is 0.278. The molecule has 18 heavy (non-hydrogen) atoms. The fourth-order valence-electron chi connectivity index (χ4n) is 1.38. The molecule has 1 aromatic heterocycles. The molecule has 0 unspecified atom stereocenters. The van der Waals surface area contributed by atoms with Gasteiger partial charge in [-0.15, -0.1) is 11.3 Å². The Hall–Kier alpha value is -1.75. The van der Waals surface area contributed by atoms with Gasteiger partial charge in [-0.2, -0.15) is 0 Å². The first-order valence-corrected chi connectivity index (χ1v) is 6.46. The largest absolute Gasteiger partial charge is 0.298 e. The van der Waals surface area contributed by atoms with Crippen LogP contribution in [0.5, 0.6) is 0 Å². The number of hydrogen-bond donors (Lipinski definition) is 1. The Labute approximate surface area is 109 Å². The average Bonchev–Trinajstić information content (AvgIpc) is 2.78. The predicted octanol–water partition coefficient (Wildman–Crippen LogP) is 3.66.